The molecule has 0 unspecified atom stereocenters. The molecule has 2 aromatic carbocycles. The van der Waals surface area contributed by atoms with Crippen molar-refractivity contribution in [2.45, 2.75) is 0 Å². The number of benzene rings is 2. The van der Waals surface area contributed by atoms with E-state index in [-0.39, 0.29) is 10.6 Å². The number of nitrogens with zero attached hydrogens (tertiary/aromatic N) is 3. The van der Waals surface area contributed by atoms with Gasteiger partial charge >= 0.3 is 0 Å². The first kappa shape index (κ1) is 18.8. The number of piperazine rings is 1. The van der Waals surface area contributed by atoms with Gasteiger partial charge in [-0.2, -0.15) is 0 Å². The van der Waals surface area contributed by atoms with E-state index in [1.54, 1.807) is 36.4 Å². The summed E-state index contributed by atoms with van der Waals surface area (Å²) in [6, 6.07) is 12.0. The third-order valence-corrected chi connectivity index (χ3v) is 4.88. The average molecular weight is 396 g/mol. The van der Waals surface area contributed by atoms with Crippen molar-refractivity contribution < 1.29 is 9.66 Å². The third-order valence-electron chi connectivity index (χ3n) is 4.35. The maximum absolute atomic E-state index is 11.2. The van der Waals surface area contributed by atoms with Gasteiger partial charge in [-0.25, -0.2) is 0 Å². The van der Waals surface area contributed by atoms with Crippen LogP contribution in [0.5, 0.6) is 5.75 Å². The largest absolute Gasteiger partial charge is 0.491 e. The van der Waals surface area contributed by atoms with Crippen LogP contribution in [-0.2, 0) is 0 Å². The molecule has 1 aliphatic rings. The van der Waals surface area contributed by atoms with E-state index in [2.05, 4.69) is 9.80 Å². The molecule has 6 nitrogen and oxygen atoms in total. The zero-order valence-corrected chi connectivity index (χ0v) is 15.6. The number of para-hydroxylation sites is 2. The van der Waals surface area contributed by atoms with Gasteiger partial charge in [0.15, 0.2) is 0 Å². The van der Waals surface area contributed by atoms with Crippen molar-refractivity contribution in [3.8, 4) is 5.75 Å². The average Bonchev–Trinajstić information content (AvgIpc) is 2.64. The van der Waals surface area contributed by atoms with Crippen LogP contribution in [0.1, 0.15) is 0 Å². The molecule has 2 aromatic rings. The van der Waals surface area contributed by atoms with Crippen LogP contribution in [0.15, 0.2) is 42.5 Å². The molecule has 0 aromatic heterocycles. The SMILES string of the molecule is O=[N+]([O-])c1ccccc1N1CCN(CCOc2ccc(Cl)cc2Cl)CC1. The number of halogens is 2. The van der Waals surface area contributed by atoms with Crippen molar-refractivity contribution in [2.24, 2.45) is 0 Å². The van der Waals surface area contributed by atoms with E-state index in [0.29, 0.717) is 28.1 Å². The fourth-order valence-corrected chi connectivity index (χ4v) is 3.44. The van der Waals surface area contributed by atoms with Gasteiger partial charge in [0.25, 0.3) is 5.69 Å². The first-order valence-electron chi connectivity index (χ1n) is 8.33. The molecule has 0 saturated carbocycles. The van der Waals surface area contributed by atoms with Gasteiger partial charge in [0.05, 0.1) is 9.95 Å². The fraction of sp³-hybridized carbons (Fsp3) is 0.333. The van der Waals surface area contributed by atoms with Gasteiger partial charge in [0, 0.05) is 43.8 Å². The van der Waals surface area contributed by atoms with Crippen molar-refractivity contribution in [2.75, 3.05) is 44.2 Å². The zero-order chi connectivity index (χ0) is 18.5. The van der Waals surface area contributed by atoms with E-state index in [9.17, 15) is 10.1 Å². The van der Waals surface area contributed by atoms with E-state index in [0.717, 1.165) is 32.7 Å². The molecule has 3 rings (SSSR count). The van der Waals surface area contributed by atoms with Gasteiger partial charge in [0.1, 0.15) is 18.0 Å². The molecular formula is C18H19Cl2N3O3. The van der Waals surface area contributed by atoms with Crippen LogP contribution in [-0.4, -0.2) is 49.2 Å². The summed E-state index contributed by atoms with van der Waals surface area (Å²) in [5.74, 6) is 0.620. The van der Waals surface area contributed by atoms with Crippen LogP contribution in [0.3, 0.4) is 0 Å². The second-order valence-electron chi connectivity index (χ2n) is 6.00. The highest BCUT2D eigenvalue weighted by molar-refractivity contribution is 6.35. The lowest BCUT2D eigenvalue weighted by Gasteiger charge is -2.35. The lowest BCUT2D eigenvalue weighted by molar-refractivity contribution is -0.384. The Labute approximate surface area is 162 Å². The smallest absolute Gasteiger partial charge is 0.292 e. The number of rotatable bonds is 6. The van der Waals surface area contributed by atoms with Crippen LogP contribution in [0.2, 0.25) is 10.0 Å². The molecule has 1 fully saturated rings. The van der Waals surface area contributed by atoms with Crippen molar-refractivity contribution in [1.82, 2.24) is 4.90 Å². The predicted molar refractivity (Wildman–Crippen MR) is 104 cm³/mol. The maximum atomic E-state index is 11.2. The molecule has 0 bridgehead atoms. The third kappa shape index (κ3) is 4.58. The number of hydrogen-bond donors (Lipinski definition) is 0. The lowest BCUT2D eigenvalue weighted by Crippen LogP contribution is -2.47. The number of ether oxygens (including phenoxy) is 1. The summed E-state index contributed by atoms with van der Waals surface area (Å²) >= 11 is 12.0. The Morgan fingerprint density at radius 3 is 2.50 bits per heavy atom. The minimum atomic E-state index is -0.328. The number of hydrogen-bond acceptors (Lipinski definition) is 5. The van der Waals surface area contributed by atoms with Crippen LogP contribution >= 0.6 is 23.2 Å². The standard InChI is InChI=1S/C18H19Cl2N3O3/c19-14-5-6-18(15(20)13-14)26-12-11-21-7-9-22(10-8-21)16-3-1-2-4-17(16)23(24)25/h1-6,13H,7-12H2. The Morgan fingerprint density at radius 1 is 1.08 bits per heavy atom. The van der Waals surface area contributed by atoms with Crippen LogP contribution in [0.25, 0.3) is 0 Å². The van der Waals surface area contributed by atoms with Crippen molar-refractivity contribution in [3.63, 3.8) is 0 Å². The first-order valence-corrected chi connectivity index (χ1v) is 9.09. The van der Waals surface area contributed by atoms with Crippen LogP contribution < -0.4 is 9.64 Å². The molecule has 1 aliphatic heterocycles. The van der Waals surface area contributed by atoms with Gasteiger partial charge in [-0.1, -0.05) is 35.3 Å². The molecular weight excluding hydrogens is 377 g/mol. The van der Waals surface area contributed by atoms with Gasteiger partial charge in [-0.3, -0.25) is 15.0 Å². The van der Waals surface area contributed by atoms with Gasteiger partial charge in [0.2, 0.25) is 0 Å². The van der Waals surface area contributed by atoms with E-state index in [1.165, 1.54) is 0 Å². The van der Waals surface area contributed by atoms with Crippen LogP contribution in [0, 0.1) is 10.1 Å². The van der Waals surface area contributed by atoms with Crippen molar-refractivity contribution in [1.29, 1.82) is 0 Å². The molecule has 8 heteroatoms. The van der Waals surface area contributed by atoms with Gasteiger partial charge in [-0.05, 0) is 24.3 Å². The van der Waals surface area contributed by atoms with Crippen LogP contribution in [0.4, 0.5) is 11.4 Å². The monoisotopic (exact) mass is 395 g/mol. The summed E-state index contributed by atoms with van der Waals surface area (Å²) < 4.78 is 5.72. The minimum absolute atomic E-state index is 0.154. The second kappa shape index (κ2) is 8.58. The molecule has 1 heterocycles. The summed E-state index contributed by atoms with van der Waals surface area (Å²) in [5, 5.41) is 12.3. The highest BCUT2D eigenvalue weighted by Gasteiger charge is 2.23. The maximum Gasteiger partial charge on any atom is 0.292 e. The number of nitro groups is 1. The van der Waals surface area contributed by atoms with E-state index in [4.69, 9.17) is 27.9 Å². The Morgan fingerprint density at radius 2 is 1.81 bits per heavy atom. The molecule has 0 radical (unpaired) electrons. The molecule has 0 spiro atoms. The van der Waals surface area contributed by atoms with Crippen molar-refractivity contribution >= 4 is 34.6 Å². The highest BCUT2D eigenvalue weighted by atomic mass is 35.5. The molecule has 0 amide bonds. The second-order valence-corrected chi connectivity index (χ2v) is 6.84. The normalized spacial score (nSPS) is 15.1. The van der Waals surface area contributed by atoms with E-state index < -0.39 is 0 Å². The van der Waals surface area contributed by atoms with Crippen molar-refractivity contribution in [3.05, 3.63) is 62.6 Å². The molecule has 0 N–H and O–H groups in total. The Bertz CT molecular complexity index is 780. The quantitative estimate of drug-likeness (QED) is 0.544. The summed E-state index contributed by atoms with van der Waals surface area (Å²) in [4.78, 5) is 15.2. The van der Waals surface area contributed by atoms with Gasteiger partial charge < -0.3 is 9.64 Å². The first-order chi connectivity index (χ1) is 12.5. The number of nitro benzene ring substituents is 1. The Kier molecular flexibility index (Phi) is 6.19. The fourth-order valence-electron chi connectivity index (χ4n) is 2.98. The number of anilines is 1. The van der Waals surface area contributed by atoms with E-state index >= 15 is 0 Å². The molecule has 1 saturated heterocycles. The van der Waals surface area contributed by atoms with E-state index in [1.807, 2.05) is 6.07 Å². The zero-order valence-electron chi connectivity index (χ0n) is 14.1. The summed E-state index contributed by atoms with van der Waals surface area (Å²) in [5.41, 5.74) is 0.836. The summed E-state index contributed by atoms with van der Waals surface area (Å²) in [7, 11) is 0. The molecule has 0 aliphatic carbocycles. The molecule has 138 valence electrons. The van der Waals surface area contributed by atoms with Gasteiger partial charge in [-0.15, -0.1) is 0 Å². The summed E-state index contributed by atoms with van der Waals surface area (Å²) in [6.45, 7) is 4.42. The lowest BCUT2D eigenvalue weighted by atomic mass is 10.2. The molecule has 26 heavy (non-hydrogen) atoms. The minimum Gasteiger partial charge on any atom is -0.491 e. The predicted octanol–water partition coefficient (Wildman–Crippen LogP) is 4.10. The molecule has 0 atom stereocenters. The summed E-state index contributed by atoms with van der Waals surface area (Å²) in [6.07, 6.45) is 0. The Balaban J connectivity index is 1.49. The Hall–Kier alpha value is -2.02. The highest BCUT2D eigenvalue weighted by Crippen LogP contribution is 2.29. The topological polar surface area (TPSA) is 58.9 Å².